The van der Waals surface area contributed by atoms with E-state index in [0.717, 1.165) is 12.2 Å². The van der Waals surface area contributed by atoms with E-state index < -0.39 is 5.91 Å². The fourth-order valence-electron chi connectivity index (χ4n) is 2.60. The van der Waals surface area contributed by atoms with Crippen molar-refractivity contribution < 1.29 is 13.9 Å². The highest BCUT2D eigenvalue weighted by atomic mass is 35.5. The van der Waals surface area contributed by atoms with Gasteiger partial charge in [0.1, 0.15) is 28.9 Å². The molecule has 1 fully saturated rings. The molecule has 0 saturated heterocycles. The Kier molecular flexibility index (Phi) is 4.82. The molecule has 0 spiro atoms. The summed E-state index contributed by atoms with van der Waals surface area (Å²) in [4.78, 5) is 12.3. The Hall–Kier alpha value is -2.71. The minimum atomic E-state index is -0.526. The number of nitriles is 1. The number of rotatable bonds is 5. The molecule has 1 heterocycles. The summed E-state index contributed by atoms with van der Waals surface area (Å²) in [6.07, 6.45) is 2.55. The molecule has 0 radical (unpaired) electrons. The third-order valence-electron chi connectivity index (χ3n) is 4.18. The van der Waals surface area contributed by atoms with Crippen LogP contribution in [-0.2, 0) is 4.79 Å². The van der Waals surface area contributed by atoms with Crippen molar-refractivity contribution in [1.29, 1.82) is 5.26 Å². The number of amides is 1. The third kappa shape index (κ3) is 3.86. The lowest BCUT2D eigenvalue weighted by molar-refractivity contribution is -0.112. The van der Waals surface area contributed by atoms with Gasteiger partial charge in [-0.3, -0.25) is 4.79 Å². The smallest absolute Gasteiger partial charge is 0.266 e. The Labute approximate surface area is 150 Å². The van der Waals surface area contributed by atoms with Crippen LogP contribution in [0.2, 0.25) is 5.02 Å². The quantitative estimate of drug-likeness (QED) is 0.627. The number of anilines is 1. The van der Waals surface area contributed by atoms with Gasteiger partial charge in [0, 0.05) is 17.7 Å². The van der Waals surface area contributed by atoms with Crippen molar-refractivity contribution in [3.8, 4) is 11.8 Å². The number of ether oxygens (including phenoxy) is 1. The molecule has 25 heavy (non-hydrogen) atoms. The Morgan fingerprint density at radius 2 is 2.20 bits per heavy atom. The van der Waals surface area contributed by atoms with Gasteiger partial charge in [-0.1, -0.05) is 18.5 Å². The number of benzene rings is 1. The number of carbonyl (C=O) groups is 1. The monoisotopic (exact) mass is 356 g/mol. The van der Waals surface area contributed by atoms with E-state index in [2.05, 4.69) is 12.2 Å². The normalized spacial score (nSPS) is 19.2. The van der Waals surface area contributed by atoms with Gasteiger partial charge < -0.3 is 14.5 Å². The van der Waals surface area contributed by atoms with Crippen LogP contribution in [0.1, 0.15) is 30.8 Å². The first-order chi connectivity index (χ1) is 12.0. The van der Waals surface area contributed by atoms with Crippen LogP contribution in [-0.4, -0.2) is 13.0 Å². The van der Waals surface area contributed by atoms with E-state index in [9.17, 15) is 10.1 Å². The first-order valence-electron chi connectivity index (χ1n) is 7.88. The third-order valence-corrected chi connectivity index (χ3v) is 4.48. The molecular weight excluding hydrogens is 340 g/mol. The van der Waals surface area contributed by atoms with E-state index in [1.165, 1.54) is 13.2 Å². The lowest BCUT2D eigenvalue weighted by atomic mass is 10.2. The summed E-state index contributed by atoms with van der Waals surface area (Å²) in [5.74, 6) is 2.45. The number of furan rings is 1. The Balaban J connectivity index is 1.74. The molecule has 0 bridgehead atoms. The van der Waals surface area contributed by atoms with Gasteiger partial charge in [0.05, 0.1) is 12.1 Å². The summed E-state index contributed by atoms with van der Waals surface area (Å²) in [7, 11) is 1.51. The average molecular weight is 357 g/mol. The fraction of sp³-hybridized carbons (Fsp3) is 0.263. The van der Waals surface area contributed by atoms with Crippen LogP contribution in [0.15, 0.2) is 40.3 Å². The zero-order chi connectivity index (χ0) is 18.0. The van der Waals surface area contributed by atoms with E-state index in [1.54, 1.807) is 24.3 Å². The topological polar surface area (TPSA) is 75.3 Å². The lowest BCUT2D eigenvalue weighted by Crippen LogP contribution is -2.13. The zero-order valence-electron chi connectivity index (χ0n) is 13.9. The molecule has 1 aliphatic carbocycles. The maximum absolute atomic E-state index is 12.3. The van der Waals surface area contributed by atoms with Crippen LogP contribution < -0.4 is 10.1 Å². The second-order valence-corrected chi connectivity index (χ2v) is 6.44. The van der Waals surface area contributed by atoms with Crippen LogP contribution in [0, 0.1) is 17.2 Å². The lowest BCUT2D eigenvalue weighted by Gasteiger charge is -2.07. The molecule has 1 N–H and O–H groups in total. The molecule has 0 aliphatic heterocycles. The number of methoxy groups -OCH3 is 1. The van der Waals surface area contributed by atoms with Gasteiger partial charge in [0.2, 0.25) is 0 Å². The van der Waals surface area contributed by atoms with Crippen molar-refractivity contribution in [2.45, 2.75) is 19.3 Å². The highest BCUT2D eigenvalue weighted by Gasteiger charge is 2.36. The van der Waals surface area contributed by atoms with E-state index in [-0.39, 0.29) is 5.57 Å². The number of halogens is 1. The molecule has 1 aliphatic rings. The second kappa shape index (κ2) is 7.04. The standard InChI is InChI=1S/C19H17ClN2O3/c1-11-7-15(11)17-6-4-14(25-17)8-12(10-21)19(23)22-13-3-5-18(24-2)16(20)9-13/h3-6,8-9,11,15H,7H2,1-2H3,(H,22,23)/b12-8+/t11-,15+/m1/s1. The number of hydrogen-bond donors (Lipinski definition) is 1. The average Bonchev–Trinajstić information content (AvgIpc) is 3.14. The first kappa shape index (κ1) is 17.1. The summed E-state index contributed by atoms with van der Waals surface area (Å²) in [6, 6.07) is 10.4. The van der Waals surface area contributed by atoms with Crippen molar-refractivity contribution in [3.05, 3.63) is 52.4 Å². The number of nitrogens with zero attached hydrogens (tertiary/aromatic N) is 1. The second-order valence-electron chi connectivity index (χ2n) is 6.03. The highest BCUT2D eigenvalue weighted by Crippen LogP contribution is 2.47. The fourth-order valence-corrected chi connectivity index (χ4v) is 2.85. The molecule has 2 aromatic rings. The van der Waals surface area contributed by atoms with Crippen LogP contribution in [0.4, 0.5) is 5.69 Å². The van der Waals surface area contributed by atoms with Crippen molar-refractivity contribution in [1.82, 2.24) is 0 Å². The van der Waals surface area contributed by atoms with Gasteiger partial charge in [-0.05, 0) is 42.7 Å². The molecule has 6 heteroatoms. The summed E-state index contributed by atoms with van der Waals surface area (Å²) in [5.41, 5.74) is 0.431. The summed E-state index contributed by atoms with van der Waals surface area (Å²) < 4.78 is 10.8. The molecule has 2 atom stereocenters. The summed E-state index contributed by atoms with van der Waals surface area (Å²) >= 11 is 6.04. The molecule has 1 amide bonds. The van der Waals surface area contributed by atoms with E-state index >= 15 is 0 Å². The number of carbonyl (C=O) groups excluding carboxylic acids is 1. The molecule has 1 aromatic carbocycles. The van der Waals surface area contributed by atoms with E-state index in [0.29, 0.717) is 34.1 Å². The van der Waals surface area contributed by atoms with Crippen molar-refractivity contribution in [2.75, 3.05) is 12.4 Å². The predicted molar refractivity (Wildman–Crippen MR) is 95.5 cm³/mol. The maximum atomic E-state index is 12.3. The summed E-state index contributed by atoms with van der Waals surface area (Å²) in [6.45, 7) is 2.16. The van der Waals surface area contributed by atoms with Gasteiger partial charge in [-0.25, -0.2) is 0 Å². The van der Waals surface area contributed by atoms with Gasteiger partial charge >= 0.3 is 0 Å². The minimum Gasteiger partial charge on any atom is -0.495 e. The number of hydrogen-bond acceptors (Lipinski definition) is 4. The molecule has 1 saturated carbocycles. The van der Waals surface area contributed by atoms with Crippen molar-refractivity contribution in [2.24, 2.45) is 5.92 Å². The molecule has 0 unspecified atom stereocenters. The first-order valence-corrected chi connectivity index (χ1v) is 8.26. The van der Waals surface area contributed by atoms with Gasteiger partial charge in [-0.15, -0.1) is 0 Å². The van der Waals surface area contributed by atoms with Gasteiger partial charge in [0.15, 0.2) is 0 Å². The van der Waals surface area contributed by atoms with Crippen LogP contribution in [0.3, 0.4) is 0 Å². The van der Waals surface area contributed by atoms with Gasteiger partial charge in [-0.2, -0.15) is 5.26 Å². The van der Waals surface area contributed by atoms with Crippen molar-refractivity contribution in [3.63, 3.8) is 0 Å². The highest BCUT2D eigenvalue weighted by molar-refractivity contribution is 6.32. The zero-order valence-corrected chi connectivity index (χ0v) is 14.6. The van der Waals surface area contributed by atoms with E-state index in [4.69, 9.17) is 20.8 Å². The SMILES string of the molecule is COc1ccc(NC(=O)/C(C#N)=C/c2ccc([C@H]3C[C@H]3C)o2)cc1Cl. The van der Waals surface area contributed by atoms with Crippen molar-refractivity contribution >= 4 is 29.3 Å². The van der Waals surface area contributed by atoms with Gasteiger partial charge in [0.25, 0.3) is 5.91 Å². The van der Waals surface area contributed by atoms with Crippen LogP contribution >= 0.6 is 11.6 Å². The summed E-state index contributed by atoms with van der Waals surface area (Å²) in [5, 5.41) is 12.3. The molecule has 1 aromatic heterocycles. The number of nitrogens with one attached hydrogen (secondary N) is 1. The predicted octanol–water partition coefficient (Wildman–Crippen LogP) is 4.61. The molecule has 128 valence electrons. The van der Waals surface area contributed by atoms with Crippen LogP contribution in [0.5, 0.6) is 5.75 Å². The maximum Gasteiger partial charge on any atom is 0.266 e. The Morgan fingerprint density at radius 1 is 1.44 bits per heavy atom. The Bertz CT molecular complexity index is 879. The largest absolute Gasteiger partial charge is 0.495 e. The molecule has 5 nitrogen and oxygen atoms in total. The Morgan fingerprint density at radius 3 is 2.80 bits per heavy atom. The van der Waals surface area contributed by atoms with E-state index in [1.807, 2.05) is 12.1 Å². The molecular formula is C19H17ClN2O3. The minimum absolute atomic E-state index is 0.0447. The molecule has 3 rings (SSSR count). The van der Waals surface area contributed by atoms with Crippen LogP contribution in [0.25, 0.3) is 6.08 Å².